The van der Waals surface area contributed by atoms with Crippen molar-refractivity contribution in [2.24, 2.45) is 12.8 Å². The van der Waals surface area contributed by atoms with Crippen molar-refractivity contribution in [2.45, 2.75) is 0 Å². The summed E-state index contributed by atoms with van der Waals surface area (Å²) in [6.07, 6.45) is 0. The number of halogens is 1. The van der Waals surface area contributed by atoms with Gasteiger partial charge >= 0.3 is 0 Å². The van der Waals surface area contributed by atoms with E-state index in [2.05, 4.69) is 0 Å². The predicted octanol–water partition coefficient (Wildman–Crippen LogP) is 1.70. The van der Waals surface area contributed by atoms with E-state index in [1.165, 1.54) is 0 Å². The summed E-state index contributed by atoms with van der Waals surface area (Å²) in [6, 6.07) is 9.60. The Morgan fingerprint density at radius 1 is 1.36 bits per heavy atom. The lowest BCUT2D eigenvalue weighted by molar-refractivity contribution is 0.0993. The number of nitrogens with two attached hydrogens (primary N) is 1. The predicted molar refractivity (Wildman–Crippen MR) is 58.7 cm³/mol. The van der Waals surface area contributed by atoms with Crippen LogP contribution < -0.4 is 5.73 Å². The van der Waals surface area contributed by atoms with Gasteiger partial charge in [-0.25, -0.2) is 0 Å². The van der Waals surface area contributed by atoms with E-state index in [0.29, 0.717) is 5.69 Å². The van der Waals surface area contributed by atoms with Crippen molar-refractivity contribution >= 4 is 29.2 Å². The second-order valence-corrected chi connectivity index (χ2v) is 3.01. The van der Waals surface area contributed by atoms with E-state index in [4.69, 9.17) is 5.73 Å². The number of primary amides is 1. The quantitative estimate of drug-likeness (QED) is 0.765. The highest BCUT2D eigenvalue weighted by Gasteiger charge is 2.08. The van der Waals surface area contributed by atoms with Gasteiger partial charge in [0.2, 0.25) is 0 Å². The SMILES string of the molecule is Cl.Cn1c(C(N)=O)cc2ccccc21. The number of rotatable bonds is 1. The number of hydrogen-bond acceptors (Lipinski definition) is 1. The summed E-state index contributed by atoms with van der Waals surface area (Å²) >= 11 is 0. The maximum Gasteiger partial charge on any atom is 0.265 e. The van der Waals surface area contributed by atoms with Crippen LogP contribution in [0.15, 0.2) is 30.3 Å². The molecule has 2 N–H and O–H groups in total. The molecule has 0 atom stereocenters. The van der Waals surface area contributed by atoms with Gasteiger partial charge in [-0.3, -0.25) is 4.79 Å². The second-order valence-electron chi connectivity index (χ2n) is 3.01. The molecule has 1 aromatic carbocycles. The zero-order chi connectivity index (χ0) is 9.42. The number of carbonyl (C=O) groups is 1. The number of carbonyl (C=O) groups excluding carboxylic acids is 1. The van der Waals surface area contributed by atoms with Crippen molar-refractivity contribution in [2.75, 3.05) is 0 Å². The van der Waals surface area contributed by atoms with Gasteiger partial charge in [0.15, 0.2) is 0 Å². The van der Waals surface area contributed by atoms with Crippen LogP contribution in [0.5, 0.6) is 0 Å². The zero-order valence-electron chi connectivity index (χ0n) is 7.73. The first-order valence-electron chi connectivity index (χ1n) is 4.04. The van der Waals surface area contributed by atoms with E-state index in [0.717, 1.165) is 10.9 Å². The van der Waals surface area contributed by atoms with Gasteiger partial charge in [0.05, 0.1) is 0 Å². The van der Waals surface area contributed by atoms with Crippen LogP contribution in [0, 0.1) is 0 Å². The van der Waals surface area contributed by atoms with Crippen LogP contribution >= 0.6 is 12.4 Å². The van der Waals surface area contributed by atoms with Crippen molar-refractivity contribution in [3.63, 3.8) is 0 Å². The molecule has 0 aliphatic rings. The number of amides is 1. The molecule has 0 aliphatic heterocycles. The zero-order valence-corrected chi connectivity index (χ0v) is 8.54. The number of aryl methyl sites for hydroxylation is 1. The summed E-state index contributed by atoms with van der Waals surface area (Å²) in [5.74, 6) is -0.390. The van der Waals surface area contributed by atoms with Crippen molar-refractivity contribution in [3.8, 4) is 0 Å². The summed E-state index contributed by atoms with van der Waals surface area (Å²) in [4.78, 5) is 11.0. The average Bonchev–Trinajstić information content (AvgIpc) is 2.45. The Morgan fingerprint density at radius 3 is 2.57 bits per heavy atom. The number of nitrogens with zero attached hydrogens (tertiary/aromatic N) is 1. The molecule has 14 heavy (non-hydrogen) atoms. The molecule has 0 unspecified atom stereocenters. The highest BCUT2D eigenvalue weighted by molar-refractivity contribution is 5.97. The lowest BCUT2D eigenvalue weighted by atomic mass is 10.2. The molecule has 1 heterocycles. The van der Waals surface area contributed by atoms with Gasteiger partial charge in [0.25, 0.3) is 5.91 Å². The third-order valence-electron chi connectivity index (χ3n) is 2.20. The third kappa shape index (κ3) is 1.46. The third-order valence-corrected chi connectivity index (χ3v) is 2.20. The number of fused-ring (bicyclic) bond motifs is 1. The van der Waals surface area contributed by atoms with Gasteiger partial charge in [0.1, 0.15) is 5.69 Å². The van der Waals surface area contributed by atoms with Crippen LogP contribution in [0.25, 0.3) is 10.9 Å². The number of hydrogen-bond donors (Lipinski definition) is 1. The van der Waals surface area contributed by atoms with E-state index in [1.54, 1.807) is 10.6 Å². The van der Waals surface area contributed by atoms with Crippen LogP contribution in [0.2, 0.25) is 0 Å². The van der Waals surface area contributed by atoms with Gasteiger partial charge < -0.3 is 10.3 Å². The Hall–Kier alpha value is -1.48. The van der Waals surface area contributed by atoms with E-state index >= 15 is 0 Å². The first-order valence-corrected chi connectivity index (χ1v) is 4.04. The molecule has 0 saturated carbocycles. The normalized spacial score (nSPS) is 9.79. The van der Waals surface area contributed by atoms with Crippen molar-refractivity contribution in [1.82, 2.24) is 4.57 Å². The van der Waals surface area contributed by atoms with Crippen molar-refractivity contribution < 1.29 is 4.79 Å². The van der Waals surface area contributed by atoms with Crippen molar-refractivity contribution in [1.29, 1.82) is 0 Å². The van der Waals surface area contributed by atoms with E-state index in [1.807, 2.05) is 31.3 Å². The fraction of sp³-hybridized carbons (Fsp3) is 0.100. The highest BCUT2D eigenvalue weighted by atomic mass is 35.5. The maximum atomic E-state index is 11.0. The minimum absolute atomic E-state index is 0. The van der Waals surface area contributed by atoms with Gasteiger partial charge in [-0.05, 0) is 12.1 Å². The van der Waals surface area contributed by atoms with Gasteiger partial charge in [-0.1, -0.05) is 18.2 Å². The molecule has 2 aromatic rings. The molecule has 1 amide bonds. The minimum atomic E-state index is -0.390. The van der Waals surface area contributed by atoms with Crippen LogP contribution in [-0.4, -0.2) is 10.5 Å². The van der Waals surface area contributed by atoms with Gasteiger partial charge in [-0.15, -0.1) is 12.4 Å². The molecular weight excluding hydrogens is 200 g/mol. The summed E-state index contributed by atoms with van der Waals surface area (Å²) in [7, 11) is 1.84. The molecule has 0 spiro atoms. The Bertz CT molecular complexity index is 476. The molecule has 0 aliphatic carbocycles. The van der Waals surface area contributed by atoms with Crippen molar-refractivity contribution in [3.05, 3.63) is 36.0 Å². The molecule has 0 fully saturated rings. The van der Waals surface area contributed by atoms with E-state index in [9.17, 15) is 4.79 Å². The van der Waals surface area contributed by atoms with Crippen LogP contribution in [0.4, 0.5) is 0 Å². The second kappa shape index (κ2) is 3.72. The summed E-state index contributed by atoms with van der Waals surface area (Å²) in [5.41, 5.74) is 6.79. The molecule has 3 nitrogen and oxygen atoms in total. The fourth-order valence-corrected chi connectivity index (χ4v) is 1.53. The molecule has 2 rings (SSSR count). The molecule has 74 valence electrons. The minimum Gasteiger partial charge on any atom is -0.364 e. The Labute approximate surface area is 87.9 Å². The fourth-order valence-electron chi connectivity index (χ4n) is 1.53. The maximum absolute atomic E-state index is 11.0. The monoisotopic (exact) mass is 210 g/mol. The lowest BCUT2D eigenvalue weighted by Crippen LogP contribution is -2.14. The average molecular weight is 211 g/mol. The summed E-state index contributed by atoms with van der Waals surface area (Å²) < 4.78 is 1.80. The molecule has 0 saturated heterocycles. The first-order chi connectivity index (χ1) is 6.20. The molecular formula is C10H11ClN2O. The molecule has 0 bridgehead atoms. The largest absolute Gasteiger partial charge is 0.364 e. The Morgan fingerprint density at radius 2 is 2.00 bits per heavy atom. The van der Waals surface area contributed by atoms with E-state index < -0.39 is 5.91 Å². The number of para-hydroxylation sites is 1. The highest BCUT2D eigenvalue weighted by Crippen LogP contribution is 2.17. The van der Waals surface area contributed by atoms with Crippen LogP contribution in [0.1, 0.15) is 10.5 Å². The van der Waals surface area contributed by atoms with Crippen LogP contribution in [0.3, 0.4) is 0 Å². The van der Waals surface area contributed by atoms with Gasteiger partial charge in [-0.2, -0.15) is 0 Å². The van der Waals surface area contributed by atoms with Crippen LogP contribution in [-0.2, 0) is 7.05 Å². The standard InChI is InChI=1S/C10H10N2O.ClH/c1-12-8-5-3-2-4-7(8)6-9(12)10(11)13;/h2-6H,1H3,(H2,11,13);1H. The number of aromatic nitrogens is 1. The smallest absolute Gasteiger partial charge is 0.265 e. The Kier molecular flexibility index (Phi) is 2.81. The summed E-state index contributed by atoms with van der Waals surface area (Å²) in [6.45, 7) is 0. The van der Waals surface area contributed by atoms with Gasteiger partial charge in [0, 0.05) is 18.0 Å². The molecule has 0 radical (unpaired) electrons. The summed E-state index contributed by atoms with van der Waals surface area (Å²) in [5, 5.41) is 1.04. The topological polar surface area (TPSA) is 48.0 Å². The molecule has 1 aromatic heterocycles. The molecule has 4 heteroatoms. The number of benzene rings is 1. The lowest BCUT2D eigenvalue weighted by Gasteiger charge is -1.98. The Balaban J connectivity index is 0.000000980. The first kappa shape index (κ1) is 10.6. The van der Waals surface area contributed by atoms with E-state index in [-0.39, 0.29) is 12.4 Å².